The standard InChI is InChI=1S/C10H14BrN5O10P2/c11-10-15-4-7(12)13-2-14-8(4)16(10)9-6(18)5(17)3(25-9)1-24-28(22,23)26-27(19,20)21/h2-3,5-6,9,17-18H,1H2,(H,22,23)(H2,12,13,14)(H2,19,20,21)/t3-,5-,6-,9-/m0/s1. The van der Waals surface area contributed by atoms with Crippen LogP contribution >= 0.6 is 31.6 Å². The minimum atomic E-state index is -5.30. The molecule has 3 heterocycles. The second kappa shape index (κ2) is 7.66. The number of aliphatic hydroxyl groups excluding tert-OH is 2. The van der Waals surface area contributed by atoms with E-state index in [9.17, 15) is 24.2 Å². The van der Waals surface area contributed by atoms with Gasteiger partial charge in [0, 0.05) is 0 Å². The number of rotatable bonds is 6. The van der Waals surface area contributed by atoms with E-state index in [0.717, 1.165) is 6.33 Å². The summed E-state index contributed by atoms with van der Waals surface area (Å²) in [7, 11) is -10.5. The normalized spacial score (nSPS) is 27.9. The van der Waals surface area contributed by atoms with Gasteiger partial charge in [0.2, 0.25) is 0 Å². The number of nitrogens with two attached hydrogens (primary N) is 1. The molecular weight excluding hydrogens is 492 g/mol. The molecule has 2 aromatic rings. The number of nitrogen functional groups attached to an aromatic ring is 1. The largest absolute Gasteiger partial charge is 0.481 e. The van der Waals surface area contributed by atoms with Gasteiger partial charge in [0.25, 0.3) is 0 Å². The lowest BCUT2D eigenvalue weighted by Crippen LogP contribution is -2.33. The Morgan fingerprint density at radius 2 is 1.93 bits per heavy atom. The third kappa shape index (κ3) is 4.42. The lowest BCUT2D eigenvalue weighted by molar-refractivity contribution is -0.0513. The van der Waals surface area contributed by atoms with E-state index in [1.807, 2.05) is 0 Å². The first-order valence-corrected chi connectivity index (χ1v) is 11.1. The number of fused-ring (bicyclic) bond motifs is 1. The number of hydrogen-bond acceptors (Lipinski definition) is 11. The molecule has 0 spiro atoms. The Balaban J connectivity index is 1.80. The molecule has 15 nitrogen and oxygen atoms in total. The Kier molecular flexibility index (Phi) is 5.93. The maximum absolute atomic E-state index is 11.5. The number of aromatic nitrogens is 4. The average Bonchev–Trinajstić information content (AvgIpc) is 3.02. The number of phosphoric acid groups is 2. The zero-order chi connectivity index (χ0) is 20.9. The van der Waals surface area contributed by atoms with Crippen molar-refractivity contribution in [3.05, 3.63) is 11.1 Å². The van der Waals surface area contributed by atoms with Crippen molar-refractivity contribution in [3.8, 4) is 0 Å². The van der Waals surface area contributed by atoms with Crippen LogP contribution in [-0.2, 0) is 22.7 Å². The predicted molar refractivity (Wildman–Crippen MR) is 92.3 cm³/mol. The van der Waals surface area contributed by atoms with Crippen molar-refractivity contribution in [2.75, 3.05) is 12.3 Å². The van der Waals surface area contributed by atoms with Crippen LogP contribution in [0.2, 0.25) is 0 Å². The Labute approximate surface area is 164 Å². The fourth-order valence-electron chi connectivity index (χ4n) is 2.53. The fraction of sp³-hybridized carbons (Fsp3) is 0.500. The zero-order valence-corrected chi connectivity index (χ0v) is 16.9. The average molecular weight is 506 g/mol. The number of imidazole rings is 1. The summed E-state index contributed by atoms with van der Waals surface area (Å²) in [6.45, 7) is -0.829. The molecule has 0 bridgehead atoms. The Morgan fingerprint density at radius 1 is 1.25 bits per heavy atom. The number of nitrogens with zero attached hydrogens (tertiary/aromatic N) is 4. The minimum Gasteiger partial charge on any atom is -0.387 e. The first kappa shape index (κ1) is 21.7. The van der Waals surface area contributed by atoms with Crippen molar-refractivity contribution >= 4 is 48.6 Å². The Hall–Kier alpha value is -1.03. The van der Waals surface area contributed by atoms with Crippen molar-refractivity contribution in [3.63, 3.8) is 0 Å². The first-order valence-electron chi connectivity index (χ1n) is 7.29. The van der Waals surface area contributed by atoms with Crippen molar-refractivity contribution < 1.29 is 47.6 Å². The van der Waals surface area contributed by atoms with Crippen LogP contribution < -0.4 is 5.73 Å². The number of anilines is 1. The van der Waals surface area contributed by atoms with Crippen LogP contribution in [0, 0.1) is 0 Å². The second-order valence-corrected chi connectivity index (χ2v) is 9.10. The summed E-state index contributed by atoms with van der Waals surface area (Å²) in [4.78, 5) is 38.3. The lowest BCUT2D eigenvalue weighted by atomic mass is 10.1. The fourth-order valence-corrected chi connectivity index (χ4v) is 4.68. The minimum absolute atomic E-state index is 0.0631. The second-order valence-electron chi connectivity index (χ2n) is 5.56. The van der Waals surface area contributed by atoms with E-state index in [1.165, 1.54) is 4.57 Å². The first-order chi connectivity index (χ1) is 12.9. The van der Waals surface area contributed by atoms with Gasteiger partial charge in [-0.25, -0.2) is 24.1 Å². The molecule has 1 aliphatic rings. The molecule has 28 heavy (non-hydrogen) atoms. The molecule has 18 heteroatoms. The molecule has 1 fully saturated rings. The molecule has 7 N–H and O–H groups in total. The van der Waals surface area contributed by atoms with Gasteiger partial charge in [-0.1, -0.05) is 0 Å². The summed E-state index contributed by atoms with van der Waals surface area (Å²) in [5, 5.41) is 20.5. The molecule has 1 aliphatic heterocycles. The number of halogens is 1. The highest BCUT2D eigenvalue weighted by atomic mass is 79.9. The summed E-state index contributed by atoms with van der Waals surface area (Å²) in [6, 6.07) is 0. The molecule has 0 saturated carbocycles. The van der Waals surface area contributed by atoms with Gasteiger partial charge in [-0.2, -0.15) is 4.31 Å². The number of aliphatic hydroxyl groups is 2. The predicted octanol–water partition coefficient (Wildman–Crippen LogP) is -0.984. The van der Waals surface area contributed by atoms with E-state index < -0.39 is 46.8 Å². The lowest BCUT2D eigenvalue weighted by Gasteiger charge is -2.18. The van der Waals surface area contributed by atoms with Gasteiger partial charge < -0.3 is 35.4 Å². The summed E-state index contributed by atoms with van der Waals surface area (Å²) in [5.74, 6) is 0.0631. The molecule has 2 aromatic heterocycles. The van der Waals surface area contributed by atoms with E-state index in [2.05, 4.69) is 39.7 Å². The van der Waals surface area contributed by atoms with Crippen LogP contribution in [0.1, 0.15) is 6.23 Å². The van der Waals surface area contributed by atoms with Gasteiger partial charge in [-0.05, 0) is 15.9 Å². The molecule has 0 aromatic carbocycles. The van der Waals surface area contributed by atoms with E-state index in [-0.39, 0.29) is 21.7 Å². The molecular formula is C10H14BrN5O10P2. The zero-order valence-electron chi connectivity index (χ0n) is 13.5. The van der Waals surface area contributed by atoms with Crippen LogP contribution in [0.15, 0.2) is 11.1 Å². The van der Waals surface area contributed by atoms with Gasteiger partial charge in [0.05, 0.1) is 6.61 Å². The smallest absolute Gasteiger partial charge is 0.387 e. The molecule has 1 unspecified atom stereocenters. The van der Waals surface area contributed by atoms with Gasteiger partial charge in [0.15, 0.2) is 27.9 Å². The highest BCUT2D eigenvalue weighted by Crippen LogP contribution is 2.57. The van der Waals surface area contributed by atoms with Crippen LogP contribution in [-0.4, -0.2) is 69.3 Å². The maximum atomic E-state index is 11.5. The summed E-state index contributed by atoms with van der Waals surface area (Å²) in [5.41, 5.74) is 6.09. The number of hydrogen-bond donors (Lipinski definition) is 6. The van der Waals surface area contributed by atoms with Crippen molar-refractivity contribution in [2.24, 2.45) is 0 Å². The van der Waals surface area contributed by atoms with Crippen LogP contribution in [0.5, 0.6) is 0 Å². The van der Waals surface area contributed by atoms with Crippen molar-refractivity contribution in [1.82, 2.24) is 19.5 Å². The summed E-state index contributed by atoms with van der Waals surface area (Å²) >= 11 is 3.16. The molecule has 1 saturated heterocycles. The highest BCUT2D eigenvalue weighted by Gasteiger charge is 2.46. The van der Waals surface area contributed by atoms with Crippen molar-refractivity contribution in [1.29, 1.82) is 0 Å². The quantitative estimate of drug-likeness (QED) is 0.204. The van der Waals surface area contributed by atoms with Crippen LogP contribution in [0.3, 0.4) is 0 Å². The van der Waals surface area contributed by atoms with Crippen LogP contribution in [0.4, 0.5) is 5.82 Å². The summed E-state index contributed by atoms with van der Waals surface area (Å²) < 4.78 is 37.1. The number of phosphoric ester groups is 1. The number of ether oxygens (including phenoxy) is 1. The van der Waals surface area contributed by atoms with Gasteiger partial charge >= 0.3 is 15.6 Å². The van der Waals surface area contributed by atoms with Gasteiger partial charge in [0.1, 0.15) is 24.6 Å². The van der Waals surface area contributed by atoms with Crippen LogP contribution in [0.25, 0.3) is 11.2 Å². The van der Waals surface area contributed by atoms with E-state index in [1.54, 1.807) is 0 Å². The maximum Gasteiger partial charge on any atom is 0.481 e. The summed E-state index contributed by atoms with van der Waals surface area (Å²) in [6.07, 6.45) is -4.59. The van der Waals surface area contributed by atoms with Gasteiger partial charge in [-0.15, -0.1) is 0 Å². The molecule has 0 radical (unpaired) electrons. The molecule has 5 atom stereocenters. The molecule has 0 aliphatic carbocycles. The van der Waals surface area contributed by atoms with Crippen molar-refractivity contribution in [2.45, 2.75) is 24.5 Å². The van der Waals surface area contributed by atoms with E-state index >= 15 is 0 Å². The highest BCUT2D eigenvalue weighted by molar-refractivity contribution is 9.10. The third-order valence-corrected chi connectivity index (χ3v) is 6.38. The van der Waals surface area contributed by atoms with E-state index in [0.29, 0.717) is 0 Å². The molecule has 156 valence electrons. The third-order valence-electron chi connectivity index (χ3n) is 3.67. The Morgan fingerprint density at radius 3 is 2.57 bits per heavy atom. The monoisotopic (exact) mass is 505 g/mol. The molecule has 0 amide bonds. The topological polar surface area (TPSA) is 233 Å². The SMILES string of the molecule is Nc1ncnc2c1nc(Br)n2[C@H]1O[C@@H](COP(=O)(O)OP(=O)(O)O)[C@H](O)[C@@H]1O. The van der Waals surface area contributed by atoms with Gasteiger partial charge in [-0.3, -0.25) is 9.09 Å². The molecule has 3 rings (SSSR count). The Bertz CT molecular complexity index is 983. The van der Waals surface area contributed by atoms with E-state index in [4.69, 9.17) is 20.3 Å².